The minimum Gasteiger partial charge on any atom is -0.441 e. The summed E-state index contributed by atoms with van der Waals surface area (Å²) in [6, 6.07) is 9.23. The van der Waals surface area contributed by atoms with Crippen molar-refractivity contribution >= 4 is 44.3 Å². The van der Waals surface area contributed by atoms with E-state index >= 15 is 0 Å². The Hall–Kier alpha value is -2.42. The topological polar surface area (TPSA) is 92.5 Å². The molecule has 0 saturated heterocycles. The van der Waals surface area contributed by atoms with Gasteiger partial charge in [0.05, 0.1) is 15.5 Å². The van der Waals surface area contributed by atoms with Crippen LogP contribution in [0.25, 0.3) is 11.1 Å². The number of anilines is 1. The number of sulfonamides is 1. The van der Waals surface area contributed by atoms with Crippen molar-refractivity contribution in [1.29, 1.82) is 0 Å². The number of aryl methyl sites for hydroxylation is 1. The number of rotatable bonds is 7. The van der Waals surface area contributed by atoms with Gasteiger partial charge < -0.3 is 9.73 Å². The normalized spacial score (nSPS) is 11.9. The van der Waals surface area contributed by atoms with Crippen molar-refractivity contribution in [3.63, 3.8) is 0 Å². The zero-order valence-corrected chi connectivity index (χ0v) is 18.0. The summed E-state index contributed by atoms with van der Waals surface area (Å²) in [7, 11) is -3.70. The number of amides is 1. The summed E-state index contributed by atoms with van der Waals surface area (Å²) in [4.78, 5) is 17.1. The smallest absolute Gasteiger partial charge is 0.257 e. The van der Waals surface area contributed by atoms with Crippen molar-refractivity contribution in [2.45, 2.75) is 32.1 Å². The first kappa shape index (κ1) is 21.3. The molecule has 9 heteroatoms. The highest BCUT2D eigenvalue weighted by Crippen LogP contribution is 2.25. The molecular formula is C20H22ClN3O4S. The second kappa shape index (κ2) is 8.52. The maximum absolute atomic E-state index is 12.8. The van der Waals surface area contributed by atoms with Gasteiger partial charge in [-0.3, -0.25) is 4.79 Å². The fourth-order valence-electron chi connectivity index (χ4n) is 2.95. The monoisotopic (exact) mass is 435 g/mol. The summed E-state index contributed by atoms with van der Waals surface area (Å²) in [5.41, 5.74) is 1.84. The molecule has 0 radical (unpaired) electrons. The molecule has 0 unspecified atom stereocenters. The van der Waals surface area contributed by atoms with E-state index in [1.54, 1.807) is 32.0 Å². The number of halogens is 1. The van der Waals surface area contributed by atoms with E-state index in [1.165, 1.54) is 22.5 Å². The van der Waals surface area contributed by atoms with Crippen molar-refractivity contribution in [1.82, 2.24) is 9.29 Å². The second-order valence-corrected chi connectivity index (χ2v) is 8.67. The molecule has 1 heterocycles. The Bertz CT molecular complexity index is 1150. The molecule has 154 valence electrons. The molecule has 1 N–H and O–H groups in total. The third kappa shape index (κ3) is 4.29. The largest absolute Gasteiger partial charge is 0.441 e. The van der Waals surface area contributed by atoms with Crippen LogP contribution >= 0.6 is 11.6 Å². The average molecular weight is 436 g/mol. The summed E-state index contributed by atoms with van der Waals surface area (Å²) >= 11 is 6.18. The number of fused-ring (bicyclic) bond motifs is 1. The zero-order valence-electron chi connectivity index (χ0n) is 16.4. The van der Waals surface area contributed by atoms with E-state index in [4.69, 9.17) is 16.0 Å². The van der Waals surface area contributed by atoms with Crippen molar-refractivity contribution in [3.05, 3.63) is 52.9 Å². The summed E-state index contributed by atoms with van der Waals surface area (Å²) < 4.78 is 32.4. The lowest BCUT2D eigenvalue weighted by Gasteiger charge is -2.19. The van der Waals surface area contributed by atoms with Gasteiger partial charge in [-0.25, -0.2) is 13.4 Å². The molecule has 0 atom stereocenters. The van der Waals surface area contributed by atoms with E-state index in [0.29, 0.717) is 42.2 Å². The Morgan fingerprint density at radius 2 is 1.86 bits per heavy atom. The van der Waals surface area contributed by atoms with E-state index < -0.39 is 15.9 Å². The van der Waals surface area contributed by atoms with Crippen LogP contribution in [-0.2, 0) is 16.4 Å². The molecule has 1 aromatic heterocycles. The van der Waals surface area contributed by atoms with Gasteiger partial charge in [0.2, 0.25) is 10.0 Å². The Morgan fingerprint density at radius 1 is 1.14 bits per heavy atom. The highest BCUT2D eigenvalue weighted by molar-refractivity contribution is 7.89. The molecule has 1 amide bonds. The van der Waals surface area contributed by atoms with Gasteiger partial charge in [-0.15, -0.1) is 0 Å². The molecule has 0 fully saturated rings. The molecule has 0 aliphatic heterocycles. The lowest BCUT2D eigenvalue weighted by Crippen LogP contribution is -2.30. The van der Waals surface area contributed by atoms with Crippen LogP contribution in [0.4, 0.5) is 5.69 Å². The molecular weight excluding hydrogens is 414 g/mol. The molecule has 0 spiro atoms. The lowest BCUT2D eigenvalue weighted by atomic mass is 10.2. The van der Waals surface area contributed by atoms with Crippen molar-refractivity contribution in [3.8, 4) is 0 Å². The van der Waals surface area contributed by atoms with Crippen LogP contribution < -0.4 is 5.32 Å². The van der Waals surface area contributed by atoms with Gasteiger partial charge >= 0.3 is 0 Å². The summed E-state index contributed by atoms with van der Waals surface area (Å²) in [5, 5.41) is 2.90. The van der Waals surface area contributed by atoms with E-state index in [0.717, 1.165) is 0 Å². The van der Waals surface area contributed by atoms with Crippen molar-refractivity contribution < 1.29 is 17.6 Å². The first-order chi connectivity index (χ1) is 13.8. The van der Waals surface area contributed by atoms with Crippen molar-refractivity contribution in [2.24, 2.45) is 0 Å². The third-order valence-corrected chi connectivity index (χ3v) is 6.89. The van der Waals surface area contributed by atoms with Crippen LogP contribution in [0.15, 0.2) is 45.7 Å². The molecule has 3 rings (SSSR count). The van der Waals surface area contributed by atoms with Gasteiger partial charge in [0, 0.05) is 25.2 Å². The van der Waals surface area contributed by atoms with Gasteiger partial charge in [0.15, 0.2) is 11.5 Å². The quantitative estimate of drug-likeness (QED) is 0.596. The molecule has 29 heavy (non-hydrogen) atoms. The first-order valence-corrected chi connectivity index (χ1v) is 11.1. The predicted molar refractivity (Wildman–Crippen MR) is 113 cm³/mol. The molecule has 3 aromatic rings. The van der Waals surface area contributed by atoms with Gasteiger partial charge in [-0.1, -0.05) is 32.4 Å². The van der Waals surface area contributed by atoms with Crippen LogP contribution in [0.1, 0.15) is 37.0 Å². The number of carbonyl (C=O) groups is 1. The second-order valence-electron chi connectivity index (χ2n) is 6.33. The standard InChI is InChI=1S/C20H22ClN3O4S/c1-4-19-23-17-11-13(7-10-18(17)28-19)22-20(25)15-12-14(8-9-16(15)21)29(26,27)24(5-2)6-3/h7-12H,4-6H2,1-3H3,(H,22,25). The zero-order chi connectivity index (χ0) is 21.2. The summed E-state index contributed by atoms with van der Waals surface area (Å²) in [6.07, 6.45) is 0.666. The van der Waals surface area contributed by atoms with E-state index in [2.05, 4.69) is 10.3 Å². The van der Waals surface area contributed by atoms with Gasteiger partial charge in [-0.2, -0.15) is 4.31 Å². The molecule has 7 nitrogen and oxygen atoms in total. The Labute approximate surface area is 174 Å². The maximum atomic E-state index is 12.8. The van der Waals surface area contributed by atoms with Crippen LogP contribution in [0.2, 0.25) is 5.02 Å². The molecule has 0 aliphatic carbocycles. The molecule has 0 saturated carbocycles. The number of aromatic nitrogens is 1. The maximum Gasteiger partial charge on any atom is 0.257 e. The van der Waals surface area contributed by atoms with Gasteiger partial charge in [0.1, 0.15) is 5.52 Å². The number of hydrogen-bond acceptors (Lipinski definition) is 5. The van der Waals surface area contributed by atoms with Crippen LogP contribution in [0, 0.1) is 0 Å². The Morgan fingerprint density at radius 3 is 2.52 bits per heavy atom. The number of carbonyl (C=O) groups excluding carboxylic acids is 1. The number of hydrogen-bond donors (Lipinski definition) is 1. The third-order valence-electron chi connectivity index (χ3n) is 4.52. The minimum atomic E-state index is -3.70. The first-order valence-electron chi connectivity index (χ1n) is 9.30. The van der Waals surface area contributed by atoms with Crippen LogP contribution in [0.5, 0.6) is 0 Å². The lowest BCUT2D eigenvalue weighted by molar-refractivity contribution is 0.102. The van der Waals surface area contributed by atoms with Crippen LogP contribution in [0.3, 0.4) is 0 Å². The fourth-order valence-corrected chi connectivity index (χ4v) is 4.64. The summed E-state index contributed by atoms with van der Waals surface area (Å²) in [6.45, 7) is 6.12. The average Bonchev–Trinajstić information content (AvgIpc) is 3.11. The number of oxazole rings is 1. The van der Waals surface area contributed by atoms with Gasteiger partial charge in [-0.05, 0) is 36.4 Å². The number of nitrogens with one attached hydrogen (secondary N) is 1. The summed E-state index contributed by atoms with van der Waals surface area (Å²) in [5.74, 6) is 0.103. The molecule has 0 bridgehead atoms. The molecule has 0 aliphatic rings. The highest BCUT2D eigenvalue weighted by atomic mass is 35.5. The van der Waals surface area contributed by atoms with Crippen LogP contribution in [-0.4, -0.2) is 36.7 Å². The van der Waals surface area contributed by atoms with Crippen molar-refractivity contribution in [2.75, 3.05) is 18.4 Å². The van der Waals surface area contributed by atoms with E-state index in [-0.39, 0.29) is 15.5 Å². The number of nitrogens with zero attached hydrogens (tertiary/aromatic N) is 2. The number of benzene rings is 2. The fraction of sp³-hybridized carbons (Fsp3) is 0.300. The van der Waals surface area contributed by atoms with Gasteiger partial charge in [0.25, 0.3) is 5.91 Å². The minimum absolute atomic E-state index is 0.0234. The predicted octanol–water partition coefficient (Wildman–Crippen LogP) is 4.33. The highest BCUT2D eigenvalue weighted by Gasteiger charge is 2.24. The van der Waals surface area contributed by atoms with E-state index in [1.807, 2.05) is 6.92 Å². The van der Waals surface area contributed by atoms with E-state index in [9.17, 15) is 13.2 Å². The Balaban J connectivity index is 1.91. The molecule has 2 aromatic carbocycles. The SMILES string of the molecule is CCc1nc2cc(NC(=O)c3cc(S(=O)(=O)N(CC)CC)ccc3Cl)ccc2o1. The Kier molecular flexibility index (Phi) is 6.26.